The van der Waals surface area contributed by atoms with Gasteiger partial charge in [-0.2, -0.15) is 0 Å². The first-order valence-corrected chi connectivity index (χ1v) is 27.1. The second-order valence-corrected chi connectivity index (χ2v) is 24.7. The van der Waals surface area contributed by atoms with E-state index in [4.69, 9.17) is 39.4 Å². The summed E-state index contributed by atoms with van der Waals surface area (Å²) >= 11 is 0. The van der Waals surface area contributed by atoms with E-state index in [2.05, 4.69) is 63.1 Å². The van der Waals surface area contributed by atoms with Crippen molar-refractivity contribution in [2.24, 2.45) is 5.41 Å². The second-order valence-electron chi connectivity index (χ2n) is 19.9. The molecule has 1 N–H and O–H groups in total. The van der Waals surface area contributed by atoms with Crippen LogP contribution in [0.1, 0.15) is 66.6 Å². The third-order valence-corrected chi connectivity index (χ3v) is 19.5. The molecule has 1 aliphatic carbocycles. The largest absolute Gasteiger partial charge is 0.497 e. The maximum Gasteiger partial charge on any atom is 0.328 e. The van der Waals surface area contributed by atoms with Crippen LogP contribution in [0.3, 0.4) is 0 Å². The number of aromatic nitrogens is 2. The van der Waals surface area contributed by atoms with Crippen molar-refractivity contribution in [3.63, 3.8) is 0 Å². The van der Waals surface area contributed by atoms with Gasteiger partial charge in [0.2, 0.25) is 0 Å². The van der Waals surface area contributed by atoms with E-state index in [9.17, 15) is 9.59 Å². The molecule has 0 radical (unpaired) electrons. The fourth-order valence-electron chi connectivity index (χ4n) is 9.72. The average molecular weight is 987 g/mol. The van der Waals surface area contributed by atoms with Crippen LogP contribution in [-0.2, 0) is 25.1 Å². The predicted molar refractivity (Wildman–Crippen MR) is 285 cm³/mol. The standard InChI is InChI=1S/C60H66N2O9Si/c1-42-53(62-38-37-55(63)61-56(62)64)39-54(71-60(44-19-15-12-16-20-44,47-25-33-51(67-7)34-26-47)48-27-35-52(68-8)36-28-48)58(42,41-70-72(9,10)57(2,3)4)40-69-59(43-17-13-11-14-18-43,45-21-29-49(65-5)30-22-45)46-23-31-50(66-6)32-24-46/h11-38,53-54H,1,39-41H2,2-10H3,(H,61,63,64)/t53-,54-,58+/m0/s1. The summed E-state index contributed by atoms with van der Waals surface area (Å²) < 4.78 is 47.9. The first-order chi connectivity index (χ1) is 34.5. The summed E-state index contributed by atoms with van der Waals surface area (Å²) in [6, 6.07) is 52.7. The van der Waals surface area contributed by atoms with Gasteiger partial charge in [-0.25, -0.2) is 4.79 Å². The van der Waals surface area contributed by atoms with E-state index < -0.39 is 48.3 Å². The molecule has 8 rings (SSSR count). The molecule has 7 aromatic rings. The summed E-state index contributed by atoms with van der Waals surface area (Å²) in [7, 11) is 4.00. The van der Waals surface area contributed by atoms with Crippen molar-refractivity contribution in [1.29, 1.82) is 0 Å². The molecule has 1 aliphatic rings. The molecule has 1 saturated carbocycles. The Hall–Kier alpha value is -6.96. The second kappa shape index (κ2) is 21.0. The van der Waals surface area contributed by atoms with Crippen molar-refractivity contribution in [3.05, 3.63) is 236 Å². The Labute approximate surface area is 424 Å². The quantitative estimate of drug-likeness (QED) is 0.0480. The van der Waals surface area contributed by atoms with Crippen LogP contribution in [0.5, 0.6) is 23.0 Å². The van der Waals surface area contributed by atoms with Crippen LogP contribution >= 0.6 is 0 Å². The van der Waals surface area contributed by atoms with Crippen molar-refractivity contribution in [3.8, 4) is 23.0 Å². The highest BCUT2D eigenvalue weighted by molar-refractivity contribution is 6.74. The molecule has 12 heteroatoms. The number of aromatic amines is 1. The molecule has 6 aromatic carbocycles. The molecule has 11 nitrogen and oxygen atoms in total. The van der Waals surface area contributed by atoms with E-state index in [1.807, 2.05) is 133 Å². The van der Waals surface area contributed by atoms with Crippen LogP contribution in [0, 0.1) is 5.41 Å². The van der Waals surface area contributed by atoms with Crippen LogP contribution < -0.4 is 30.2 Å². The Bertz CT molecular complexity index is 2940. The van der Waals surface area contributed by atoms with Gasteiger partial charge in [-0.3, -0.25) is 14.3 Å². The van der Waals surface area contributed by atoms with E-state index >= 15 is 0 Å². The van der Waals surface area contributed by atoms with E-state index in [0.717, 1.165) is 33.4 Å². The number of hydrogen-bond donors (Lipinski definition) is 1. The lowest BCUT2D eigenvalue weighted by Crippen LogP contribution is -2.52. The lowest BCUT2D eigenvalue weighted by Gasteiger charge is -2.47. The minimum absolute atomic E-state index is 0.0111. The first-order valence-electron chi connectivity index (χ1n) is 24.2. The SMILES string of the molecule is C=C1[C@@H](n2ccc(=O)[nH]c2=O)C[C@H](OC(c2ccccc2)(c2ccc(OC)cc2)c2ccc(OC)cc2)[C@]1(COC(c1ccccc1)(c1ccc(OC)cc1)c1ccc(OC)cc1)CO[Si](C)(C)C(C)(C)C. The smallest absolute Gasteiger partial charge is 0.328 e. The maximum atomic E-state index is 14.1. The Morgan fingerprint density at radius 2 is 0.958 bits per heavy atom. The van der Waals surface area contributed by atoms with Crippen molar-refractivity contribution < 1.29 is 32.8 Å². The lowest BCUT2D eigenvalue weighted by molar-refractivity contribution is -0.135. The number of hydrogen-bond acceptors (Lipinski definition) is 9. The summed E-state index contributed by atoms with van der Waals surface area (Å²) in [5, 5.41) is -0.194. The van der Waals surface area contributed by atoms with Gasteiger partial charge in [0.25, 0.3) is 5.56 Å². The molecular formula is C60H66N2O9Si. The van der Waals surface area contributed by atoms with Gasteiger partial charge in [-0.05, 0) is 112 Å². The van der Waals surface area contributed by atoms with Crippen molar-refractivity contribution >= 4 is 8.32 Å². The zero-order valence-electron chi connectivity index (χ0n) is 42.8. The molecule has 0 spiro atoms. The highest BCUT2D eigenvalue weighted by Crippen LogP contribution is 2.56. The molecule has 1 heterocycles. The first kappa shape index (κ1) is 51.4. The third kappa shape index (κ3) is 9.71. The van der Waals surface area contributed by atoms with E-state index in [1.165, 1.54) is 6.07 Å². The third-order valence-electron chi connectivity index (χ3n) is 15.0. The lowest BCUT2D eigenvalue weighted by atomic mass is 9.76. The number of nitrogens with zero attached hydrogens (tertiary/aromatic N) is 1. The normalized spacial score (nSPS) is 17.4. The van der Waals surface area contributed by atoms with Gasteiger partial charge in [-0.1, -0.05) is 137 Å². The van der Waals surface area contributed by atoms with Crippen LogP contribution in [-0.4, -0.2) is 65.6 Å². The predicted octanol–water partition coefficient (Wildman–Crippen LogP) is 11.5. The van der Waals surface area contributed by atoms with E-state index in [0.29, 0.717) is 28.6 Å². The zero-order chi connectivity index (χ0) is 51.3. The molecule has 0 saturated heterocycles. The molecule has 0 aliphatic heterocycles. The van der Waals surface area contributed by atoms with Crippen LogP contribution in [0.25, 0.3) is 0 Å². The van der Waals surface area contributed by atoms with Crippen molar-refractivity contribution in [2.75, 3.05) is 41.7 Å². The Kier molecular flexibility index (Phi) is 15.0. The fourth-order valence-corrected chi connectivity index (χ4v) is 10.8. The van der Waals surface area contributed by atoms with Crippen molar-refractivity contribution in [2.45, 2.75) is 68.7 Å². The van der Waals surface area contributed by atoms with Gasteiger partial charge >= 0.3 is 5.69 Å². The van der Waals surface area contributed by atoms with E-state index in [1.54, 1.807) is 39.2 Å². The minimum atomic E-state index is -2.58. The van der Waals surface area contributed by atoms with Gasteiger partial charge in [0.15, 0.2) is 8.32 Å². The van der Waals surface area contributed by atoms with Gasteiger partial charge in [0.05, 0.1) is 52.6 Å². The van der Waals surface area contributed by atoms with Crippen LogP contribution in [0.4, 0.5) is 0 Å². The number of methoxy groups -OCH3 is 4. The highest BCUT2D eigenvalue weighted by Gasteiger charge is 2.58. The summed E-state index contributed by atoms with van der Waals surface area (Å²) in [5.41, 5.74) is 0.860. The van der Waals surface area contributed by atoms with Gasteiger partial charge < -0.3 is 32.8 Å². The Morgan fingerprint density at radius 1 is 0.569 bits per heavy atom. The number of H-pyrrole nitrogens is 1. The number of benzene rings is 6. The fraction of sp³-hybridized carbons (Fsp3) is 0.300. The number of rotatable bonds is 19. The molecule has 1 aromatic heterocycles. The topological polar surface area (TPSA) is 119 Å². The van der Waals surface area contributed by atoms with Crippen LogP contribution in [0.15, 0.2) is 192 Å². The highest BCUT2D eigenvalue weighted by atomic mass is 28.4. The van der Waals surface area contributed by atoms with Crippen molar-refractivity contribution in [1.82, 2.24) is 9.55 Å². The molecule has 0 bridgehead atoms. The number of nitrogens with one attached hydrogen (secondary N) is 1. The van der Waals surface area contributed by atoms with Crippen LogP contribution in [0.2, 0.25) is 18.1 Å². The monoisotopic (exact) mass is 986 g/mol. The average Bonchev–Trinajstić information content (AvgIpc) is 3.67. The van der Waals surface area contributed by atoms with Gasteiger partial charge in [0.1, 0.15) is 34.2 Å². The molecule has 0 unspecified atom stereocenters. The Morgan fingerprint density at radius 3 is 1.35 bits per heavy atom. The minimum Gasteiger partial charge on any atom is -0.497 e. The van der Waals surface area contributed by atoms with E-state index in [-0.39, 0.29) is 24.7 Å². The van der Waals surface area contributed by atoms with Gasteiger partial charge in [0, 0.05) is 18.9 Å². The summed E-state index contributed by atoms with van der Waals surface area (Å²) in [5.74, 6) is 2.75. The molecule has 72 heavy (non-hydrogen) atoms. The number of ether oxygens (including phenoxy) is 6. The summed E-state index contributed by atoms with van der Waals surface area (Å²) in [6.07, 6.45) is 1.00. The Balaban J connectivity index is 1.44. The molecule has 1 fully saturated rings. The molecular weight excluding hydrogens is 921 g/mol. The summed E-state index contributed by atoms with van der Waals surface area (Å²) in [4.78, 5) is 29.3. The molecule has 374 valence electrons. The molecule has 3 atom stereocenters. The zero-order valence-corrected chi connectivity index (χ0v) is 43.8. The maximum absolute atomic E-state index is 14.1. The summed E-state index contributed by atoms with van der Waals surface area (Å²) in [6.45, 7) is 16.2. The van der Waals surface area contributed by atoms with Gasteiger partial charge in [-0.15, -0.1) is 0 Å². The molecule has 0 amide bonds.